The second-order valence-electron chi connectivity index (χ2n) is 6.66. The summed E-state index contributed by atoms with van der Waals surface area (Å²) >= 11 is 0. The van der Waals surface area contributed by atoms with E-state index in [2.05, 4.69) is 41.4 Å². The average Bonchev–Trinajstić information content (AvgIpc) is 3.14. The Hall–Kier alpha value is -3.14. The van der Waals surface area contributed by atoms with Gasteiger partial charge >= 0.3 is 0 Å². The maximum atomic E-state index is 11.6. The van der Waals surface area contributed by atoms with Crippen LogP contribution in [0, 0.1) is 0 Å². The molecule has 0 N–H and O–H groups in total. The summed E-state index contributed by atoms with van der Waals surface area (Å²) in [5.74, 6) is 0.810. The summed E-state index contributed by atoms with van der Waals surface area (Å²) in [6, 6.07) is 22.7. The molecular formula is C23H22N2O2. The zero-order valence-corrected chi connectivity index (χ0v) is 15.2. The van der Waals surface area contributed by atoms with Gasteiger partial charge in [0.25, 0.3) is 0 Å². The van der Waals surface area contributed by atoms with Gasteiger partial charge in [-0.25, -0.2) is 4.98 Å². The summed E-state index contributed by atoms with van der Waals surface area (Å²) in [5, 5.41) is 0. The van der Waals surface area contributed by atoms with E-state index in [0.717, 1.165) is 24.1 Å². The van der Waals surface area contributed by atoms with Crippen LogP contribution >= 0.6 is 0 Å². The lowest BCUT2D eigenvalue weighted by Crippen LogP contribution is -2.29. The van der Waals surface area contributed by atoms with Gasteiger partial charge in [-0.05, 0) is 35.2 Å². The molecule has 1 aromatic heterocycles. The zero-order chi connectivity index (χ0) is 18.5. The molecule has 4 nitrogen and oxygen atoms in total. The van der Waals surface area contributed by atoms with Crippen molar-refractivity contribution in [2.24, 2.45) is 0 Å². The molecule has 1 fully saturated rings. The van der Waals surface area contributed by atoms with Crippen molar-refractivity contribution in [2.75, 3.05) is 19.7 Å². The van der Waals surface area contributed by atoms with Gasteiger partial charge in [0.2, 0.25) is 11.8 Å². The lowest BCUT2D eigenvalue weighted by atomic mass is 10.0. The van der Waals surface area contributed by atoms with E-state index in [1.165, 1.54) is 11.1 Å². The minimum atomic E-state index is 0.222. The van der Waals surface area contributed by atoms with E-state index in [9.17, 15) is 4.79 Å². The predicted molar refractivity (Wildman–Crippen MR) is 106 cm³/mol. The quantitative estimate of drug-likeness (QED) is 0.655. The van der Waals surface area contributed by atoms with Crippen LogP contribution in [0.1, 0.15) is 12.8 Å². The Labute approximate surface area is 159 Å². The maximum Gasteiger partial charge on any atom is 0.222 e. The van der Waals surface area contributed by atoms with Gasteiger partial charge in [0.1, 0.15) is 6.61 Å². The summed E-state index contributed by atoms with van der Waals surface area (Å²) < 4.78 is 5.70. The molecule has 2 heterocycles. The average molecular weight is 358 g/mol. The minimum absolute atomic E-state index is 0.222. The summed E-state index contributed by atoms with van der Waals surface area (Å²) in [6.45, 7) is 1.94. The smallest absolute Gasteiger partial charge is 0.222 e. The number of pyridine rings is 1. The van der Waals surface area contributed by atoms with Crippen molar-refractivity contribution in [1.82, 2.24) is 9.88 Å². The molecule has 4 rings (SSSR count). The van der Waals surface area contributed by atoms with Crippen molar-refractivity contribution in [2.45, 2.75) is 12.8 Å². The van der Waals surface area contributed by atoms with E-state index in [1.54, 1.807) is 0 Å². The number of aromatic nitrogens is 1. The molecule has 0 spiro atoms. The van der Waals surface area contributed by atoms with Crippen LogP contribution in [-0.2, 0) is 4.79 Å². The first kappa shape index (κ1) is 17.3. The van der Waals surface area contributed by atoms with E-state index in [0.29, 0.717) is 25.5 Å². The van der Waals surface area contributed by atoms with Gasteiger partial charge in [0.05, 0.1) is 6.54 Å². The topological polar surface area (TPSA) is 42.4 Å². The largest absolute Gasteiger partial charge is 0.476 e. The van der Waals surface area contributed by atoms with Crippen LogP contribution in [0.4, 0.5) is 0 Å². The van der Waals surface area contributed by atoms with E-state index in [4.69, 9.17) is 4.74 Å². The first-order chi connectivity index (χ1) is 13.3. The Bertz CT molecular complexity index is 907. The second-order valence-corrected chi connectivity index (χ2v) is 6.66. The number of rotatable bonds is 6. The molecule has 0 unspecified atom stereocenters. The molecule has 0 aliphatic carbocycles. The first-order valence-electron chi connectivity index (χ1n) is 9.32. The SMILES string of the molecule is O=C1CCCN1CCOc1ccc(-c2cccc(-c3ccccc3)c2)cn1. The molecule has 0 bridgehead atoms. The Kier molecular flexibility index (Phi) is 5.15. The number of benzene rings is 2. The van der Waals surface area contributed by atoms with Gasteiger partial charge in [-0.15, -0.1) is 0 Å². The predicted octanol–water partition coefficient (Wildman–Crippen LogP) is 4.42. The fourth-order valence-corrected chi connectivity index (χ4v) is 3.35. The molecule has 0 atom stereocenters. The third kappa shape index (κ3) is 4.17. The van der Waals surface area contributed by atoms with E-state index in [-0.39, 0.29) is 5.91 Å². The Balaban J connectivity index is 1.41. The van der Waals surface area contributed by atoms with Crippen molar-refractivity contribution in [1.29, 1.82) is 0 Å². The third-order valence-corrected chi connectivity index (χ3v) is 4.82. The summed E-state index contributed by atoms with van der Waals surface area (Å²) in [5.41, 5.74) is 4.56. The van der Waals surface area contributed by atoms with Crippen LogP contribution in [0.2, 0.25) is 0 Å². The van der Waals surface area contributed by atoms with E-state index >= 15 is 0 Å². The van der Waals surface area contributed by atoms with Crippen LogP contribution in [0.3, 0.4) is 0 Å². The van der Waals surface area contributed by atoms with Crippen LogP contribution in [0.15, 0.2) is 72.9 Å². The highest BCUT2D eigenvalue weighted by atomic mass is 16.5. The van der Waals surface area contributed by atoms with Gasteiger partial charge in [0, 0.05) is 30.8 Å². The monoisotopic (exact) mass is 358 g/mol. The van der Waals surface area contributed by atoms with E-state index in [1.807, 2.05) is 41.4 Å². The minimum Gasteiger partial charge on any atom is -0.476 e. The second kappa shape index (κ2) is 8.04. The molecule has 2 aromatic carbocycles. The third-order valence-electron chi connectivity index (χ3n) is 4.82. The molecule has 0 saturated carbocycles. The molecular weight excluding hydrogens is 336 g/mol. The lowest BCUT2D eigenvalue weighted by Gasteiger charge is -2.15. The number of carbonyl (C=O) groups excluding carboxylic acids is 1. The van der Waals surface area contributed by atoms with Gasteiger partial charge in [0.15, 0.2) is 0 Å². The van der Waals surface area contributed by atoms with Gasteiger partial charge in [-0.3, -0.25) is 4.79 Å². The van der Waals surface area contributed by atoms with Crippen LogP contribution < -0.4 is 4.74 Å². The number of hydrogen-bond acceptors (Lipinski definition) is 3. The van der Waals surface area contributed by atoms with Crippen molar-refractivity contribution >= 4 is 5.91 Å². The van der Waals surface area contributed by atoms with Crippen LogP contribution in [0.25, 0.3) is 22.3 Å². The number of carbonyl (C=O) groups is 1. The summed E-state index contributed by atoms with van der Waals surface area (Å²) in [4.78, 5) is 17.9. The normalized spacial score (nSPS) is 13.8. The number of hydrogen-bond donors (Lipinski definition) is 0. The highest BCUT2D eigenvalue weighted by Gasteiger charge is 2.19. The van der Waals surface area contributed by atoms with Gasteiger partial charge < -0.3 is 9.64 Å². The van der Waals surface area contributed by atoms with Crippen molar-refractivity contribution < 1.29 is 9.53 Å². The molecule has 1 aliphatic rings. The van der Waals surface area contributed by atoms with Crippen molar-refractivity contribution in [3.8, 4) is 28.1 Å². The van der Waals surface area contributed by atoms with Gasteiger partial charge in [-0.1, -0.05) is 48.5 Å². The Morgan fingerprint density at radius 1 is 0.889 bits per heavy atom. The summed E-state index contributed by atoms with van der Waals surface area (Å²) in [6.07, 6.45) is 3.45. The standard InChI is InChI=1S/C23H22N2O2/c26-23-10-5-13-25(23)14-15-27-22-12-11-21(17-24-22)20-9-4-8-19(16-20)18-6-2-1-3-7-18/h1-4,6-9,11-12,16-17H,5,10,13-15H2. The van der Waals surface area contributed by atoms with Crippen LogP contribution in [-0.4, -0.2) is 35.5 Å². The highest BCUT2D eigenvalue weighted by molar-refractivity contribution is 5.78. The number of amides is 1. The zero-order valence-electron chi connectivity index (χ0n) is 15.2. The van der Waals surface area contributed by atoms with Gasteiger partial charge in [-0.2, -0.15) is 0 Å². The number of ether oxygens (including phenoxy) is 1. The number of nitrogens with zero attached hydrogens (tertiary/aromatic N) is 2. The van der Waals surface area contributed by atoms with Crippen LogP contribution in [0.5, 0.6) is 5.88 Å². The Morgan fingerprint density at radius 3 is 2.37 bits per heavy atom. The fraction of sp³-hybridized carbons (Fsp3) is 0.217. The molecule has 1 aliphatic heterocycles. The molecule has 3 aromatic rings. The van der Waals surface area contributed by atoms with E-state index < -0.39 is 0 Å². The maximum absolute atomic E-state index is 11.6. The Morgan fingerprint density at radius 2 is 1.67 bits per heavy atom. The molecule has 1 saturated heterocycles. The molecule has 136 valence electrons. The molecule has 27 heavy (non-hydrogen) atoms. The molecule has 0 radical (unpaired) electrons. The first-order valence-corrected chi connectivity index (χ1v) is 9.32. The fourth-order valence-electron chi connectivity index (χ4n) is 3.35. The summed E-state index contributed by atoms with van der Waals surface area (Å²) in [7, 11) is 0. The molecule has 1 amide bonds. The molecule has 4 heteroatoms. The highest BCUT2D eigenvalue weighted by Crippen LogP contribution is 2.26. The van der Waals surface area contributed by atoms with Crippen molar-refractivity contribution in [3.63, 3.8) is 0 Å². The lowest BCUT2D eigenvalue weighted by molar-refractivity contribution is -0.128. The number of likely N-dealkylation sites (tertiary alicyclic amines) is 1. The van der Waals surface area contributed by atoms with Crippen molar-refractivity contribution in [3.05, 3.63) is 72.9 Å².